The Balaban J connectivity index is 1.62. The molecule has 0 aliphatic rings. The van der Waals surface area contributed by atoms with E-state index in [0.717, 1.165) is 23.1 Å². The predicted octanol–water partition coefficient (Wildman–Crippen LogP) is 5.55. The Bertz CT molecular complexity index is 1000. The van der Waals surface area contributed by atoms with E-state index in [1.165, 1.54) is 29.7 Å². The lowest BCUT2D eigenvalue weighted by atomic mass is 10.1. The van der Waals surface area contributed by atoms with Gasteiger partial charge in [0.25, 0.3) is 5.91 Å². The van der Waals surface area contributed by atoms with Crippen molar-refractivity contribution in [3.63, 3.8) is 0 Å². The van der Waals surface area contributed by atoms with E-state index in [2.05, 4.69) is 34.7 Å². The summed E-state index contributed by atoms with van der Waals surface area (Å²) >= 11 is 6.82. The molecular formula is C22H25N3O2S2. The molecule has 2 aromatic carbocycles. The van der Waals surface area contributed by atoms with E-state index in [4.69, 9.17) is 17.0 Å². The van der Waals surface area contributed by atoms with Gasteiger partial charge in [0.2, 0.25) is 0 Å². The van der Waals surface area contributed by atoms with Crippen molar-refractivity contribution >= 4 is 49.9 Å². The van der Waals surface area contributed by atoms with Gasteiger partial charge in [-0.15, -0.1) is 0 Å². The number of fused-ring (bicyclic) bond motifs is 1. The van der Waals surface area contributed by atoms with Crippen molar-refractivity contribution in [2.75, 3.05) is 11.9 Å². The number of ether oxygens (including phenoxy) is 1. The summed E-state index contributed by atoms with van der Waals surface area (Å²) in [6.07, 6.45) is 4.33. The minimum Gasteiger partial charge on any atom is -0.494 e. The third-order valence-corrected chi connectivity index (χ3v) is 5.43. The number of hydrogen-bond donors (Lipinski definition) is 2. The van der Waals surface area contributed by atoms with Crippen molar-refractivity contribution in [3.05, 3.63) is 53.6 Å². The van der Waals surface area contributed by atoms with Crippen molar-refractivity contribution in [3.8, 4) is 5.75 Å². The molecule has 0 atom stereocenters. The van der Waals surface area contributed by atoms with Gasteiger partial charge in [0.05, 0.1) is 16.8 Å². The van der Waals surface area contributed by atoms with Crippen LogP contribution >= 0.6 is 23.6 Å². The van der Waals surface area contributed by atoms with Gasteiger partial charge < -0.3 is 10.1 Å². The predicted molar refractivity (Wildman–Crippen MR) is 124 cm³/mol. The number of nitrogens with zero attached hydrogens (tertiary/aromatic N) is 1. The van der Waals surface area contributed by atoms with Crippen LogP contribution in [0.2, 0.25) is 0 Å². The van der Waals surface area contributed by atoms with Crippen LogP contribution in [0.3, 0.4) is 0 Å². The molecule has 5 nitrogen and oxygen atoms in total. The van der Waals surface area contributed by atoms with Gasteiger partial charge in [-0.3, -0.25) is 10.1 Å². The van der Waals surface area contributed by atoms with Crippen LogP contribution in [0.25, 0.3) is 10.2 Å². The van der Waals surface area contributed by atoms with E-state index in [-0.39, 0.29) is 11.0 Å². The number of thiocarbonyl (C=S) groups is 1. The molecule has 1 amide bonds. The average molecular weight is 428 g/mol. The fourth-order valence-electron chi connectivity index (χ4n) is 2.81. The third kappa shape index (κ3) is 5.98. The molecule has 7 heteroatoms. The summed E-state index contributed by atoms with van der Waals surface area (Å²) in [6, 6.07) is 13.4. The molecule has 0 fully saturated rings. The molecule has 2 N–H and O–H groups in total. The molecule has 0 aliphatic heterocycles. The van der Waals surface area contributed by atoms with Crippen LogP contribution in [-0.2, 0) is 6.42 Å². The Morgan fingerprint density at radius 3 is 2.83 bits per heavy atom. The molecule has 152 valence electrons. The number of carbonyl (C=O) groups excluding carboxylic acids is 1. The Morgan fingerprint density at radius 1 is 1.17 bits per heavy atom. The summed E-state index contributed by atoms with van der Waals surface area (Å²) in [7, 11) is 0. The number of nitrogens with one attached hydrogen (secondary N) is 2. The van der Waals surface area contributed by atoms with Crippen LogP contribution in [0, 0.1) is 0 Å². The van der Waals surface area contributed by atoms with Crippen LogP contribution in [0.5, 0.6) is 5.75 Å². The first-order valence-electron chi connectivity index (χ1n) is 9.83. The van der Waals surface area contributed by atoms with Gasteiger partial charge in [0, 0.05) is 5.56 Å². The maximum atomic E-state index is 12.5. The molecule has 1 heterocycles. The Kier molecular flexibility index (Phi) is 7.55. The van der Waals surface area contributed by atoms with E-state index in [0.29, 0.717) is 23.1 Å². The number of rotatable bonds is 8. The summed E-state index contributed by atoms with van der Waals surface area (Å²) < 4.78 is 6.68. The zero-order chi connectivity index (χ0) is 20.6. The first-order valence-corrected chi connectivity index (χ1v) is 11.1. The highest BCUT2D eigenvalue weighted by atomic mass is 32.1. The number of amides is 1. The van der Waals surface area contributed by atoms with Crippen LogP contribution < -0.4 is 15.4 Å². The maximum Gasteiger partial charge on any atom is 0.257 e. The molecular weight excluding hydrogens is 402 g/mol. The van der Waals surface area contributed by atoms with E-state index < -0.39 is 0 Å². The molecule has 3 aromatic rings. The SMILES string of the molecule is CCCCc1ccc2nc(NC(=S)NC(=O)c3cccc(OCCC)c3)sc2c1. The smallest absolute Gasteiger partial charge is 0.257 e. The standard InChI is InChI=1S/C22H25N3O2S2/c1-3-5-7-15-10-11-18-19(13-15)29-22(23-18)25-21(28)24-20(26)16-8-6-9-17(14-16)27-12-4-2/h6,8-11,13-14H,3-5,7,12H2,1-2H3,(H2,23,24,25,26,28). The molecule has 0 saturated heterocycles. The molecule has 3 rings (SSSR count). The van der Waals surface area contributed by atoms with Gasteiger partial charge >= 0.3 is 0 Å². The van der Waals surface area contributed by atoms with E-state index in [1.54, 1.807) is 18.2 Å². The van der Waals surface area contributed by atoms with E-state index in [9.17, 15) is 4.79 Å². The van der Waals surface area contributed by atoms with Crippen LogP contribution in [-0.4, -0.2) is 22.6 Å². The first kappa shape index (κ1) is 21.2. The summed E-state index contributed by atoms with van der Waals surface area (Å²) in [6.45, 7) is 4.84. The quantitative estimate of drug-likeness (QED) is 0.461. The third-order valence-electron chi connectivity index (χ3n) is 4.29. The topological polar surface area (TPSA) is 63.2 Å². The summed E-state index contributed by atoms with van der Waals surface area (Å²) in [5.41, 5.74) is 2.73. The molecule has 0 radical (unpaired) electrons. The van der Waals surface area contributed by atoms with Crippen molar-refractivity contribution in [1.82, 2.24) is 10.3 Å². The van der Waals surface area contributed by atoms with E-state index in [1.807, 2.05) is 19.1 Å². The molecule has 0 unspecified atom stereocenters. The van der Waals surface area contributed by atoms with Crippen LogP contribution in [0.4, 0.5) is 5.13 Å². The summed E-state index contributed by atoms with van der Waals surface area (Å²) in [4.78, 5) is 17.0. The fraction of sp³-hybridized carbons (Fsp3) is 0.318. The number of hydrogen-bond acceptors (Lipinski definition) is 5. The molecule has 0 aliphatic carbocycles. The molecule has 0 saturated carbocycles. The summed E-state index contributed by atoms with van der Waals surface area (Å²) in [5.74, 6) is 0.385. The lowest BCUT2D eigenvalue weighted by Crippen LogP contribution is -2.34. The van der Waals surface area contributed by atoms with Gasteiger partial charge in [-0.05, 0) is 67.4 Å². The number of thiazole rings is 1. The number of anilines is 1. The summed E-state index contributed by atoms with van der Waals surface area (Å²) in [5, 5.41) is 6.61. The van der Waals surface area contributed by atoms with Gasteiger partial charge in [-0.25, -0.2) is 4.98 Å². The normalized spacial score (nSPS) is 10.7. The highest BCUT2D eigenvalue weighted by Crippen LogP contribution is 2.27. The van der Waals surface area contributed by atoms with Gasteiger partial charge in [-0.1, -0.05) is 43.7 Å². The number of carbonyl (C=O) groups is 1. The fourth-order valence-corrected chi connectivity index (χ4v) is 4.00. The highest BCUT2D eigenvalue weighted by Gasteiger charge is 2.11. The van der Waals surface area contributed by atoms with Crippen molar-refractivity contribution < 1.29 is 9.53 Å². The number of aryl methyl sites for hydroxylation is 1. The average Bonchev–Trinajstić information content (AvgIpc) is 3.12. The Morgan fingerprint density at radius 2 is 2.03 bits per heavy atom. The molecule has 1 aromatic heterocycles. The second-order valence-corrected chi connectivity index (χ2v) is 8.15. The second-order valence-electron chi connectivity index (χ2n) is 6.71. The zero-order valence-electron chi connectivity index (χ0n) is 16.7. The van der Waals surface area contributed by atoms with Gasteiger partial charge in [0.1, 0.15) is 5.75 Å². The van der Waals surface area contributed by atoms with Crippen molar-refractivity contribution in [1.29, 1.82) is 0 Å². The molecule has 0 spiro atoms. The highest BCUT2D eigenvalue weighted by molar-refractivity contribution is 7.80. The Labute approximate surface area is 180 Å². The minimum atomic E-state index is -0.285. The minimum absolute atomic E-state index is 0.222. The van der Waals surface area contributed by atoms with Gasteiger partial charge in [0.15, 0.2) is 10.2 Å². The molecule has 0 bridgehead atoms. The maximum absolute atomic E-state index is 12.5. The molecule has 29 heavy (non-hydrogen) atoms. The van der Waals surface area contributed by atoms with Crippen LogP contribution in [0.1, 0.15) is 49.0 Å². The van der Waals surface area contributed by atoms with E-state index >= 15 is 0 Å². The number of benzene rings is 2. The van der Waals surface area contributed by atoms with Crippen molar-refractivity contribution in [2.24, 2.45) is 0 Å². The Hall–Kier alpha value is -2.51. The number of unbranched alkanes of at least 4 members (excludes halogenated alkanes) is 1. The van der Waals surface area contributed by atoms with Crippen LogP contribution in [0.15, 0.2) is 42.5 Å². The van der Waals surface area contributed by atoms with Crippen molar-refractivity contribution in [2.45, 2.75) is 39.5 Å². The monoisotopic (exact) mass is 427 g/mol. The largest absolute Gasteiger partial charge is 0.494 e. The number of aromatic nitrogens is 1. The zero-order valence-corrected chi connectivity index (χ0v) is 18.3. The second kappa shape index (κ2) is 10.3. The lowest BCUT2D eigenvalue weighted by molar-refractivity contribution is 0.0977. The van der Waals surface area contributed by atoms with Gasteiger partial charge in [-0.2, -0.15) is 0 Å². The first-order chi connectivity index (χ1) is 14.1. The lowest BCUT2D eigenvalue weighted by Gasteiger charge is -2.09.